The lowest BCUT2D eigenvalue weighted by atomic mass is 10.1. The van der Waals surface area contributed by atoms with Gasteiger partial charge in [0.05, 0.1) is 0 Å². The zero-order chi connectivity index (χ0) is 21.8. The van der Waals surface area contributed by atoms with E-state index in [1.54, 1.807) is 0 Å². The molecule has 1 N–H and O–H groups in total. The summed E-state index contributed by atoms with van der Waals surface area (Å²) in [5.41, 5.74) is 0. The van der Waals surface area contributed by atoms with E-state index < -0.39 is 5.97 Å². The number of carbonyl (C=O) groups is 1. The lowest BCUT2D eigenvalue weighted by Crippen LogP contribution is -1.93. The Kier molecular flexibility index (Phi) is 30.8. The van der Waals surface area contributed by atoms with Crippen LogP contribution in [0.4, 0.5) is 0 Å². The molecule has 0 radical (unpaired) electrons. The number of rotatable bonds is 21. The number of unbranched alkanes of at least 4 members (excludes halogenated alkanes) is 17. The first-order chi connectivity index (χ1) is 14.2. The van der Waals surface area contributed by atoms with Gasteiger partial charge in [-0.15, -0.1) is 0 Å². The highest BCUT2D eigenvalue weighted by Crippen LogP contribution is 2.10. The van der Waals surface area contributed by atoms with Gasteiger partial charge in [-0.3, -0.25) is 4.79 Å². The third-order valence-corrected chi connectivity index (χ3v) is 5.36. The van der Waals surface area contributed by atoms with E-state index in [9.17, 15) is 4.79 Å². The van der Waals surface area contributed by atoms with E-state index in [1.807, 2.05) is 0 Å². The van der Waals surface area contributed by atoms with Crippen LogP contribution in [0.3, 0.4) is 0 Å². The first kappa shape index (κ1) is 30.4. The summed E-state index contributed by atoms with van der Waals surface area (Å²) in [6.07, 6.45) is 31.2. The summed E-state index contributed by atoms with van der Waals surface area (Å²) in [6, 6.07) is 0. The second kappa shape index (κ2) is 29.4. The zero-order valence-corrected chi connectivity index (χ0v) is 20.4. The van der Waals surface area contributed by atoms with Gasteiger partial charge >= 0.3 is 5.97 Å². The molecule has 0 saturated carbocycles. The van der Waals surface area contributed by atoms with Crippen LogP contribution in [0.25, 0.3) is 0 Å². The average molecular weight is 411 g/mol. The summed E-state index contributed by atoms with van der Waals surface area (Å²) in [5.74, 6) is -0.664. The maximum absolute atomic E-state index is 10.3. The van der Waals surface area contributed by atoms with Crippen molar-refractivity contribution in [2.45, 2.75) is 156 Å². The van der Waals surface area contributed by atoms with Gasteiger partial charge in [0, 0.05) is 6.42 Å². The van der Waals surface area contributed by atoms with Gasteiger partial charge in [0.25, 0.3) is 0 Å². The largest absolute Gasteiger partial charge is 0.481 e. The molecule has 0 aliphatic carbocycles. The fourth-order valence-electron chi connectivity index (χ4n) is 3.38. The SMILES string of the molecule is CCCCCCCC/C=C\CCCCCCCC(=O)O.CCCCCCCCC. The molecule has 174 valence electrons. The summed E-state index contributed by atoms with van der Waals surface area (Å²) in [4.78, 5) is 10.3. The molecule has 0 rings (SSSR count). The van der Waals surface area contributed by atoms with Crippen molar-refractivity contribution < 1.29 is 9.90 Å². The number of aliphatic carboxylic acids is 1. The normalized spacial score (nSPS) is 10.9. The molecule has 0 saturated heterocycles. The standard InChI is InChI=1S/C18H34O2.C9H20/c1-2-3-4-5-6-7-8-9-10-11-12-13-14-15-16-17-18(19)20;1-3-5-7-9-8-6-4-2/h9-10H,2-8,11-17H2,1H3,(H,19,20);3-9H2,1-2H3/b10-9-;. The highest BCUT2D eigenvalue weighted by Gasteiger charge is 1.95. The Morgan fingerprint density at radius 3 is 1.17 bits per heavy atom. The maximum Gasteiger partial charge on any atom is 0.303 e. The van der Waals surface area contributed by atoms with Crippen LogP contribution in [0, 0.1) is 0 Å². The predicted molar refractivity (Wildman–Crippen MR) is 131 cm³/mol. The third-order valence-electron chi connectivity index (χ3n) is 5.36. The van der Waals surface area contributed by atoms with Crippen LogP contribution in [0.2, 0.25) is 0 Å². The Balaban J connectivity index is 0. The topological polar surface area (TPSA) is 37.3 Å². The van der Waals surface area contributed by atoms with E-state index in [2.05, 4.69) is 32.9 Å². The van der Waals surface area contributed by atoms with Gasteiger partial charge < -0.3 is 5.11 Å². The molecule has 0 aliphatic rings. The van der Waals surface area contributed by atoms with Gasteiger partial charge in [0.2, 0.25) is 0 Å². The maximum atomic E-state index is 10.3. The Labute approximate surface area is 183 Å². The van der Waals surface area contributed by atoms with Crippen LogP contribution >= 0.6 is 0 Å². The van der Waals surface area contributed by atoms with Crippen LogP contribution in [0.5, 0.6) is 0 Å². The molecule has 0 fully saturated rings. The highest BCUT2D eigenvalue weighted by molar-refractivity contribution is 5.66. The fourth-order valence-corrected chi connectivity index (χ4v) is 3.38. The number of hydrogen-bond acceptors (Lipinski definition) is 1. The molecule has 0 aromatic carbocycles. The van der Waals surface area contributed by atoms with Crippen molar-refractivity contribution in [2.24, 2.45) is 0 Å². The van der Waals surface area contributed by atoms with Gasteiger partial charge in [0.1, 0.15) is 0 Å². The molecule has 0 aliphatic heterocycles. The second-order valence-corrected chi connectivity index (χ2v) is 8.50. The Bertz CT molecular complexity index is 316. The number of allylic oxidation sites excluding steroid dienone is 2. The third kappa shape index (κ3) is 35.1. The van der Waals surface area contributed by atoms with Crippen LogP contribution in [-0.2, 0) is 4.79 Å². The van der Waals surface area contributed by atoms with Crippen molar-refractivity contribution in [1.82, 2.24) is 0 Å². The number of hydrogen-bond donors (Lipinski definition) is 1. The van der Waals surface area contributed by atoms with E-state index in [1.165, 1.54) is 116 Å². The molecular weight excluding hydrogens is 356 g/mol. The molecule has 0 spiro atoms. The van der Waals surface area contributed by atoms with Gasteiger partial charge in [0.15, 0.2) is 0 Å². The smallest absolute Gasteiger partial charge is 0.303 e. The van der Waals surface area contributed by atoms with Crippen molar-refractivity contribution in [3.05, 3.63) is 12.2 Å². The van der Waals surface area contributed by atoms with Crippen LogP contribution in [-0.4, -0.2) is 11.1 Å². The van der Waals surface area contributed by atoms with Crippen LogP contribution in [0.1, 0.15) is 156 Å². The molecule has 0 bridgehead atoms. The summed E-state index contributed by atoms with van der Waals surface area (Å²) >= 11 is 0. The van der Waals surface area contributed by atoms with E-state index in [-0.39, 0.29) is 0 Å². The molecule has 0 aromatic rings. The van der Waals surface area contributed by atoms with Gasteiger partial charge in [-0.2, -0.15) is 0 Å². The van der Waals surface area contributed by atoms with Gasteiger partial charge in [-0.05, 0) is 32.1 Å². The van der Waals surface area contributed by atoms with Crippen LogP contribution in [0.15, 0.2) is 12.2 Å². The second-order valence-electron chi connectivity index (χ2n) is 8.50. The molecule has 29 heavy (non-hydrogen) atoms. The molecule has 2 heteroatoms. The highest BCUT2D eigenvalue weighted by atomic mass is 16.4. The average Bonchev–Trinajstić information content (AvgIpc) is 2.71. The quantitative estimate of drug-likeness (QED) is 0.151. The monoisotopic (exact) mass is 410 g/mol. The molecule has 0 atom stereocenters. The van der Waals surface area contributed by atoms with Crippen molar-refractivity contribution in [1.29, 1.82) is 0 Å². The van der Waals surface area contributed by atoms with Crippen molar-refractivity contribution in [3.63, 3.8) is 0 Å². The lowest BCUT2D eigenvalue weighted by molar-refractivity contribution is -0.137. The summed E-state index contributed by atoms with van der Waals surface area (Å²) < 4.78 is 0. The van der Waals surface area contributed by atoms with Crippen LogP contribution < -0.4 is 0 Å². The summed E-state index contributed by atoms with van der Waals surface area (Å²) in [7, 11) is 0. The Hall–Kier alpha value is -0.790. The number of carboxylic acid groups (broad SMARTS) is 1. The van der Waals surface area contributed by atoms with E-state index in [0.717, 1.165) is 12.8 Å². The molecule has 2 nitrogen and oxygen atoms in total. The minimum absolute atomic E-state index is 0.332. The first-order valence-electron chi connectivity index (χ1n) is 13.1. The van der Waals surface area contributed by atoms with Gasteiger partial charge in [-0.25, -0.2) is 0 Å². The van der Waals surface area contributed by atoms with E-state index in [0.29, 0.717) is 6.42 Å². The fraction of sp³-hybridized carbons (Fsp3) is 0.889. The summed E-state index contributed by atoms with van der Waals surface area (Å²) in [5, 5.41) is 8.51. The zero-order valence-electron chi connectivity index (χ0n) is 20.4. The predicted octanol–water partition coefficient (Wildman–Crippen LogP) is 9.87. The lowest BCUT2D eigenvalue weighted by Gasteiger charge is -1.99. The van der Waals surface area contributed by atoms with Crippen molar-refractivity contribution in [3.8, 4) is 0 Å². The molecule has 0 amide bonds. The van der Waals surface area contributed by atoms with Crippen molar-refractivity contribution in [2.75, 3.05) is 0 Å². The Morgan fingerprint density at radius 1 is 0.517 bits per heavy atom. The minimum atomic E-state index is -0.664. The van der Waals surface area contributed by atoms with E-state index in [4.69, 9.17) is 5.11 Å². The molecule has 0 heterocycles. The first-order valence-corrected chi connectivity index (χ1v) is 13.1. The molecule has 0 unspecified atom stereocenters. The molecular formula is C27H54O2. The summed E-state index contributed by atoms with van der Waals surface area (Å²) in [6.45, 7) is 6.79. The molecule has 0 aromatic heterocycles. The van der Waals surface area contributed by atoms with Gasteiger partial charge in [-0.1, -0.05) is 129 Å². The van der Waals surface area contributed by atoms with E-state index >= 15 is 0 Å². The Morgan fingerprint density at radius 2 is 0.828 bits per heavy atom. The van der Waals surface area contributed by atoms with Crippen molar-refractivity contribution >= 4 is 5.97 Å². The minimum Gasteiger partial charge on any atom is -0.481 e. The number of carboxylic acids is 1.